The summed E-state index contributed by atoms with van der Waals surface area (Å²) in [5.74, 6) is -0.805. The fraction of sp³-hybridized carbons (Fsp3) is 0.0833. The van der Waals surface area contributed by atoms with Gasteiger partial charge >= 0.3 is 5.97 Å². The van der Waals surface area contributed by atoms with Crippen LogP contribution in [0.5, 0.6) is 0 Å². The molecule has 0 unspecified atom stereocenters. The van der Waals surface area contributed by atoms with E-state index in [-0.39, 0.29) is 17.0 Å². The number of pyridine rings is 1. The van der Waals surface area contributed by atoms with Crippen LogP contribution in [0.3, 0.4) is 0 Å². The van der Waals surface area contributed by atoms with Crippen LogP contribution in [-0.4, -0.2) is 28.2 Å². The molecule has 0 fully saturated rings. The van der Waals surface area contributed by atoms with Gasteiger partial charge in [0.2, 0.25) is 5.78 Å². The molecular formula is C24H17ClN2O5. The molecule has 4 rings (SSSR count). The minimum atomic E-state index is -0.551. The first-order valence-electron chi connectivity index (χ1n) is 9.63. The smallest absolute Gasteiger partial charge is 0.340 e. The van der Waals surface area contributed by atoms with Crippen LogP contribution in [0, 0.1) is 10.1 Å². The number of benzene rings is 2. The van der Waals surface area contributed by atoms with Gasteiger partial charge in [0.25, 0.3) is 5.69 Å². The number of carbonyl (C=O) groups excluding carboxylic acids is 2. The summed E-state index contributed by atoms with van der Waals surface area (Å²) >= 11 is 5.92. The van der Waals surface area contributed by atoms with Gasteiger partial charge in [0.15, 0.2) is 0 Å². The number of carbonyl (C=O) groups is 2. The van der Waals surface area contributed by atoms with Crippen LogP contribution < -0.4 is 0 Å². The molecule has 7 nitrogen and oxygen atoms in total. The maximum atomic E-state index is 13.1. The normalized spacial score (nSPS) is 10.8. The van der Waals surface area contributed by atoms with Gasteiger partial charge in [-0.3, -0.25) is 14.9 Å². The van der Waals surface area contributed by atoms with Crippen LogP contribution in [0.25, 0.3) is 5.52 Å². The predicted octanol–water partition coefficient (Wildman–Crippen LogP) is 5.11. The van der Waals surface area contributed by atoms with Crippen molar-refractivity contribution in [1.29, 1.82) is 0 Å². The van der Waals surface area contributed by atoms with Crippen molar-refractivity contribution in [3.05, 3.63) is 116 Å². The summed E-state index contributed by atoms with van der Waals surface area (Å²) in [6.45, 7) is 0. The Morgan fingerprint density at radius 3 is 2.31 bits per heavy atom. The van der Waals surface area contributed by atoms with Gasteiger partial charge in [0.1, 0.15) is 0 Å². The number of ether oxygens (including phenoxy) is 1. The maximum Gasteiger partial charge on any atom is 0.340 e. The molecule has 4 aromatic rings. The maximum absolute atomic E-state index is 13.1. The first kappa shape index (κ1) is 21.3. The third-order valence-corrected chi connectivity index (χ3v) is 5.39. The number of non-ortho nitro benzene ring substituents is 1. The van der Waals surface area contributed by atoms with E-state index in [9.17, 15) is 19.7 Å². The van der Waals surface area contributed by atoms with E-state index < -0.39 is 10.9 Å². The molecule has 0 radical (unpaired) electrons. The standard InChI is InChI=1S/C24H17ClN2O5/c1-32-24(29)20-14-22(23(28)17-4-6-18(25)7-5-17)26-11-10-16(13-21(20)26)12-15-2-8-19(9-3-15)27(30)31/h2-11,13-14H,12H2,1H3. The largest absolute Gasteiger partial charge is 0.465 e. The van der Waals surface area contributed by atoms with Gasteiger partial charge in [0, 0.05) is 28.9 Å². The van der Waals surface area contributed by atoms with E-state index in [0.29, 0.717) is 28.2 Å². The Balaban J connectivity index is 1.74. The van der Waals surface area contributed by atoms with E-state index in [1.165, 1.54) is 25.3 Å². The highest BCUT2D eigenvalue weighted by molar-refractivity contribution is 6.30. The number of aromatic nitrogens is 1. The molecule has 160 valence electrons. The van der Waals surface area contributed by atoms with Gasteiger partial charge in [-0.15, -0.1) is 0 Å². The first-order chi connectivity index (χ1) is 15.4. The van der Waals surface area contributed by atoms with Crippen molar-refractivity contribution in [3.8, 4) is 0 Å². The van der Waals surface area contributed by atoms with Gasteiger partial charge in [-0.1, -0.05) is 23.7 Å². The summed E-state index contributed by atoms with van der Waals surface area (Å²) < 4.78 is 6.56. The molecule has 0 bridgehead atoms. The molecule has 0 saturated carbocycles. The number of fused-ring (bicyclic) bond motifs is 1. The molecular weight excluding hydrogens is 432 g/mol. The van der Waals surface area contributed by atoms with Crippen molar-refractivity contribution in [2.75, 3.05) is 7.11 Å². The Morgan fingerprint density at radius 1 is 1.00 bits per heavy atom. The highest BCUT2D eigenvalue weighted by Gasteiger charge is 2.21. The number of nitro benzene ring substituents is 1. The SMILES string of the molecule is COC(=O)c1cc(C(=O)c2ccc(Cl)cc2)n2ccc(Cc3ccc([N+](=O)[O-])cc3)cc12. The van der Waals surface area contributed by atoms with E-state index in [0.717, 1.165) is 11.1 Å². The summed E-state index contributed by atoms with van der Waals surface area (Å²) in [5.41, 5.74) is 3.35. The lowest BCUT2D eigenvalue weighted by molar-refractivity contribution is -0.384. The number of hydrogen-bond acceptors (Lipinski definition) is 5. The summed E-state index contributed by atoms with van der Waals surface area (Å²) in [4.78, 5) is 35.9. The molecule has 0 amide bonds. The third kappa shape index (κ3) is 4.10. The number of halogens is 1. The van der Waals surface area contributed by atoms with E-state index in [1.807, 2.05) is 12.1 Å². The van der Waals surface area contributed by atoms with Crippen molar-refractivity contribution in [2.24, 2.45) is 0 Å². The van der Waals surface area contributed by atoms with Gasteiger partial charge in [-0.05, 0) is 60.0 Å². The van der Waals surface area contributed by atoms with Crippen LogP contribution in [0.2, 0.25) is 5.02 Å². The number of rotatable bonds is 6. The lowest BCUT2D eigenvalue weighted by Crippen LogP contribution is -2.05. The summed E-state index contributed by atoms with van der Waals surface area (Å²) in [6, 6.07) is 18.0. The van der Waals surface area contributed by atoms with Crippen molar-refractivity contribution >= 4 is 34.6 Å². The predicted molar refractivity (Wildman–Crippen MR) is 120 cm³/mol. The van der Waals surface area contributed by atoms with Crippen LogP contribution >= 0.6 is 11.6 Å². The van der Waals surface area contributed by atoms with Gasteiger partial charge < -0.3 is 9.14 Å². The number of esters is 1. The zero-order chi connectivity index (χ0) is 22.8. The summed E-state index contributed by atoms with van der Waals surface area (Å²) in [5, 5.41) is 11.4. The molecule has 0 aliphatic heterocycles. The third-order valence-electron chi connectivity index (χ3n) is 5.14. The fourth-order valence-electron chi connectivity index (χ4n) is 3.52. The molecule has 0 spiro atoms. The lowest BCUT2D eigenvalue weighted by atomic mass is 10.0. The Morgan fingerprint density at radius 2 is 1.69 bits per heavy atom. The number of methoxy groups -OCH3 is 1. The minimum absolute atomic E-state index is 0.0223. The fourth-order valence-corrected chi connectivity index (χ4v) is 3.65. The molecule has 0 atom stereocenters. The Kier molecular flexibility index (Phi) is 5.75. The van der Waals surface area contributed by atoms with E-state index >= 15 is 0 Å². The second-order valence-electron chi connectivity index (χ2n) is 7.16. The summed E-state index contributed by atoms with van der Waals surface area (Å²) in [6.07, 6.45) is 2.23. The van der Waals surface area contributed by atoms with Gasteiger partial charge in [0.05, 0.1) is 28.8 Å². The van der Waals surface area contributed by atoms with E-state index in [1.54, 1.807) is 47.0 Å². The lowest BCUT2D eigenvalue weighted by Gasteiger charge is -2.07. The molecule has 2 aromatic carbocycles. The average Bonchev–Trinajstić information content (AvgIpc) is 3.18. The van der Waals surface area contributed by atoms with Gasteiger partial charge in [-0.2, -0.15) is 0 Å². The van der Waals surface area contributed by atoms with Gasteiger partial charge in [-0.25, -0.2) is 4.79 Å². The zero-order valence-electron chi connectivity index (χ0n) is 16.9. The van der Waals surface area contributed by atoms with E-state index in [2.05, 4.69) is 0 Å². The monoisotopic (exact) mass is 448 g/mol. The molecule has 2 aromatic heterocycles. The quantitative estimate of drug-likeness (QED) is 0.177. The molecule has 0 aliphatic carbocycles. The number of nitrogens with zero attached hydrogens (tertiary/aromatic N) is 2. The molecule has 0 aliphatic rings. The van der Waals surface area contributed by atoms with Crippen LogP contribution in [0.1, 0.15) is 37.5 Å². The number of nitro groups is 1. The topological polar surface area (TPSA) is 90.9 Å². The molecule has 8 heteroatoms. The second-order valence-corrected chi connectivity index (χ2v) is 7.60. The van der Waals surface area contributed by atoms with Crippen LogP contribution in [0.15, 0.2) is 72.9 Å². The van der Waals surface area contributed by atoms with Crippen molar-refractivity contribution in [1.82, 2.24) is 4.40 Å². The summed E-state index contributed by atoms with van der Waals surface area (Å²) in [7, 11) is 1.28. The first-order valence-corrected chi connectivity index (χ1v) is 10.0. The van der Waals surface area contributed by atoms with Crippen molar-refractivity contribution in [2.45, 2.75) is 6.42 Å². The highest BCUT2D eigenvalue weighted by atomic mass is 35.5. The zero-order valence-corrected chi connectivity index (χ0v) is 17.7. The molecule has 32 heavy (non-hydrogen) atoms. The van der Waals surface area contributed by atoms with Crippen LogP contribution in [0.4, 0.5) is 5.69 Å². The Bertz CT molecular complexity index is 1340. The van der Waals surface area contributed by atoms with Crippen molar-refractivity contribution in [3.63, 3.8) is 0 Å². The Hall–Kier alpha value is -3.97. The number of ketones is 1. The highest BCUT2D eigenvalue weighted by Crippen LogP contribution is 2.24. The van der Waals surface area contributed by atoms with Crippen molar-refractivity contribution < 1.29 is 19.2 Å². The molecule has 0 N–H and O–H groups in total. The molecule has 0 saturated heterocycles. The number of hydrogen-bond donors (Lipinski definition) is 0. The Labute approximate surface area is 188 Å². The van der Waals surface area contributed by atoms with Crippen LogP contribution in [-0.2, 0) is 11.2 Å². The molecule has 2 heterocycles. The average molecular weight is 449 g/mol. The minimum Gasteiger partial charge on any atom is -0.465 e. The second kappa shape index (κ2) is 8.64. The van der Waals surface area contributed by atoms with E-state index in [4.69, 9.17) is 16.3 Å².